The number of imide groups is 1. The highest BCUT2D eigenvalue weighted by molar-refractivity contribution is 6.22. The second-order valence-electron chi connectivity index (χ2n) is 11.0. The fraction of sp³-hybridized carbons (Fsp3) is 0.500. The molecule has 188 valence electrons. The predicted molar refractivity (Wildman–Crippen MR) is 128 cm³/mol. The Morgan fingerprint density at radius 3 is 2.11 bits per heavy atom. The lowest BCUT2D eigenvalue weighted by Crippen LogP contribution is -2.61. The molecule has 0 spiro atoms. The smallest absolute Gasteiger partial charge is 0.329 e. The van der Waals surface area contributed by atoms with Crippen molar-refractivity contribution in [2.75, 3.05) is 6.61 Å². The summed E-state index contributed by atoms with van der Waals surface area (Å²) in [6.07, 6.45) is 8.26. The number of benzene rings is 1. The third-order valence-corrected chi connectivity index (χ3v) is 8.67. The zero-order valence-corrected chi connectivity index (χ0v) is 20.4. The molecule has 5 aliphatic rings. The average molecular weight is 491 g/mol. The zero-order valence-electron chi connectivity index (χ0n) is 20.4. The van der Waals surface area contributed by atoms with Gasteiger partial charge in [0.1, 0.15) is 11.8 Å². The first-order valence-electron chi connectivity index (χ1n) is 12.8. The minimum absolute atomic E-state index is 0.237. The maximum Gasteiger partial charge on any atom is 0.329 e. The van der Waals surface area contributed by atoms with Crippen LogP contribution in [0.3, 0.4) is 0 Å². The largest absolute Gasteiger partial charge is 0.467 e. The van der Waals surface area contributed by atoms with Crippen molar-refractivity contribution in [1.82, 2.24) is 9.80 Å². The Labute approximate surface area is 209 Å². The molecule has 3 amide bonds. The van der Waals surface area contributed by atoms with E-state index in [1.807, 2.05) is 17.0 Å². The van der Waals surface area contributed by atoms with Crippen molar-refractivity contribution in [2.45, 2.75) is 63.6 Å². The number of rotatable bonds is 7. The van der Waals surface area contributed by atoms with E-state index >= 15 is 0 Å². The molecule has 1 atom stereocenters. The molecule has 4 aliphatic carbocycles. The number of hydrogen-bond acceptors (Lipinski definition) is 6. The van der Waals surface area contributed by atoms with Crippen LogP contribution >= 0.6 is 0 Å². The Balaban J connectivity index is 1.17. The lowest BCUT2D eigenvalue weighted by Gasteiger charge is -2.60. The van der Waals surface area contributed by atoms with Crippen molar-refractivity contribution >= 4 is 23.7 Å². The van der Waals surface area contributed by atoms with Gasteiger partial charge in [0.05, 0.1) is 23.9 Å². The summed E-state index contributed by atoms with van der Waals surface area (Å²) in [5.74, 6) is 0.514. The summed E-state index contributed by atoms with van der Waals surface area (Å²) in [6, 6.07) is 9.01. The summed E-state index contributed by atoms with van der Waals surface area (Å²) in [6.45, 7) is 1.35. The van der Waals surface area contributed by atoms with Crippen molar-refractivity contribution in [2.24, 2.45) is 17.8 Å². The van der Waals surface area contributed by atoms with Crippen LogP contribution in [0.4, 0.5) is 0 Å². The Morgan fingerprint density at radius 2 is 1.58 bits per heavy atom. The molecule has 1 aromatic heterocycles. The molecule has 7 rings (SSSR count). The maximum absolute atomic E-state index is 13.6. The molecule has 36 heavy (non-hydrogen) atoms. The highest BCUT2D eigenvalue weighted by atomic mass is 16.5. The second kappa shape index (κ2) is 8.61. The number of amides is 3. The fourth-order valence-corrected chi connectivity index (χ4v) is 7.47. The predicted octanol–water partition coefficient (Wildman–Crippen LogP) is 3.80. The van der Waals surface area contributed by atoms with Crippen molar-refractivity contribution in [1.29, 1.82) is 0 Å². The minimum atomic E-state index is -1.14. The minimum Gasteiger partial charge on any atom is -0.467 e. The Morgan fingerprint density at radius 1 is 1.00 bits per heavy atom. The van der Waals surface area contributed by atoms with Crippen molar-refractivity contribution in [3.8, 4) is 0 Å². The number of carbonyl (C=O) groups is 4. The molecule has 0 saturated heterocycles. The van der Waals surface area contributed by atoms with Gasteiger partial charge in [-0.2, -0.15) is 0 Å². The summed E-state index contributed by atoms with van der Waals surface area (Å²) in [4.78, 5) is 54.8. The van der Waals surface area contributed by atoms with Gasteiger partial charge in [0.25, 0.3) is 17.7 Å². The molecular formula is C28H30N2O6. The van der Waals surface area contributed by atoms with Crippen LogP contribution in [0.1, 0.15) is 71.9 Å². The van der Waals surface area contributed by atoms with E-state index in [-0.39, 0.29) is 22.6 Å². The topological polar surface area (TPSA) is 97.1 Å². The summed E-state index contributed by atoms with van der Waals surface area (Å²) < 4.78 is 11.0. The molecule has 1 aromatic carbocycles. The van der Waals surface area contributed by atoms with Crippen LogP contribution in [-0.2, 0) is 20.9 Å². The highest BCUT2D eigenvalue weighted by Gasteiger charge is 2.55. The van der Waals surface area contributed by atoms with E-state index < -0.39 is 30.4 Å². The molecule has 8 heteroatoms. The van der Waals surface area contributed by atoms with Gasteiger partial charge in [-0.1, -0.05) is 12.1 Å². The van der Waals surface area contributed by atoms with E-state index in [2.05, 4.69) is 0 Å². The van der Waals surface area contributed by atoms with Crippen LogP contribution in [0, 0.1) is 17.8 Å². The maximum atomic E-state index is 13.6. The molecule has 0 radical (unpaired) electrons. The summed E-state index contributed by atoms with van der Waals surface area (Å²) >= 11 is 0. The van der Waals surface area contributed by atoms with E-state index in [1.165, 1.54) is 26.2 Å². The lowest BCUT2D eigenvalue weighted by atomic mass is 9.52. The first-order valence-corrected chi connectivity index (χ1v) is 12.8. The van der Waals surface area contributed by atoms with Crippen LogP contribution < -0.4 is 0 Å². The molecule has 4 saturated carbocycles. The van der Waals surface area contributed by atoms with Crippen molar-refractivity contribution in [3.05, 3.63) is 59.5 Å². The molecule has 2 heterocycles. The van der Waals surface area contributed by atoms with Crippen LogP contribution in [-0.4, -0.2) is 51.7 Å². The van der Waals surface area contributed by atoms with E-state index in [1.54, 1.807) is 30.5 Å². The van der Waals surface area contributed by atoms with Gasteiger partial charge in [-0.25, -0.2) is 4.79 Å². The number of hydrogen-bond donors (Lipinski definition) is 0. The SMILES string of the molecule is CC(C(=O)OCC(=O)N(Cc1ccco1)C12CC3CC(CC(C3)C1)C2)N1C(=O)c2ccccc2C1=O. The average Bonchev–Trinajstić information content (AvgIpc) is 3.46. The van der Waals surface area contributed by atoms with Gasteiger partial charge < -0.3 is 14.1 Å². The molecule has 8 nitrogen and oxygen atoms in total. The number of esters is 1. The fourth-order valence-electron chi connectivity index (χ4n) is 7.47. The molecule has 1 unspecified atom stereocenters. The molecule has 4 fully saturated rings. The van der Waals surface area contributed by atoms with E-state index in [9.17, 15) is 19.2 Å². The zero-order chi connectivity index (χ0) is 25.0. The molecule has 0 N–H and O–H groups in total. The number of nitrogens with zero attached hydrogens (tertiary/aromatic N) is 2. The van der Waals surface area contributed by atoms with Gasteiger partial charge in [0.2, 0.25) is 0 Å². The Bertz CT molecular complexity index is 1150. The monoisotopic (exact) mass is 490 g/mol. The van der Waals surface area contributed by atoms with Crippen molar-refractivity contribution in [3.63, 3.8) is 0 Å². The molecular weight excluding hydrogens is 460 g/mol. The van der Waals surface area contributed by atoms with Crippen LogP contribution in [0.2, 0.25) is 0 Å². The van der Waals surface area contributed by atoms with Crippen molar-refractivity contribution < 1.29 is 28.3 Å². The van der Waals surface area contributed by atoms with Crippen LogP contribution in [0.25, 0.3) is 0 Å². The van der Waals surface area contributed by atoms with Gasteiger partial charge in [-0.3, -0.25) is 19.3 Å². The molecule has 2 aromatic rings. The van der Waals surface area contributed by atoms with Crippen LogP contribution in [0.15, 0.2) is 47.1 Å². The summed E-state index contributed by atoms with van der Waals surface area (Å²) in [7, 11) is 0. The quantitative estimate of drug-likeness (QED) is 0.433. The van der Waals surface area contributed by atoms with Gasteiger partial charge in [-0.15, -0.1) is 0 Å². The van der Waals surface area contributed by atoms with Crippen LogP contribution in [0.5, 0.6) is 0 Å². The first-order chi connectivity index (χ1) is 17.3. The molecule has 1 aliphatic heterocycles. The van der Waals surface area contributed by atoms with E-state index in [0.717, 1.165) is 24.2 Å². The van der Waals surface area contributed by atoms with Gasteiger partial charge in [0, 0.05) is 5.54 Å². The second-order valence-corrected chi connectivity index (χ2v) is 11.0. The normalized spacial score (nSPS) is 28.8. The number of furan rings is 1. The molecule has 4 bridgehead atoms. The lowest BCUT2D eigenvalue weighted by molar-refractivity contribution is -0.165. The summed E-state index contributed by atoms with van der Waals surface area (Å²) in [5, 5.41) is 0. The van der Waals surface area contributed by atoms with E-state index in [4.69, 9.17) is 9.15 Å². The standard InChI is InChI=1S/C28H30N2O6/c1-17(30-25(32)22-6-2-3-7-23(22)26(30)33)27(34)36-16-24(31)29(15-21-5-4-8-35-21)28-12-18-9-19(13-28)11-20(10-18)14-28/h2-8,17-20H,9-16H2,1H3. The van der Waals surface area contributed by atoms with Gasteiger partial charge >= 0.3 is 5.97 Å². The first kappa shape index (κ1) is 23.0. The van der Waals surface area contributed by atoms with E-state index in [0.29, 0.717) is 30.1 Å². The Hall–Kier alpha value is -3.42. The number of fused-ring (bicyclic) bond motifs is 1. The number of ether oxygens (including phenoxy) is 1. The highest BCUT2D eigenvalue weighted by Crippen LogP contribution is 2.58. The Kier molecular flexibility index (Phi) is 5.50. The van der Waals surface area contributed by atoms with Gasteiger partial charge in [-0.05, 0) is 87.5 Å². The number of carbonyl (C=O) groups excluding carboxylic acids is 4. The van der Waals surface area contributed by atoms with Gasteiger partial charge in [0.15, 0.2) is 6.61 Å². The summed E-state index contributed by atoms with van der Waals surface area (Å²) in [5.41, 5.74) is 0.299. The third-order valence-electron chi connectivity index (χ3n) is 8.67. The third kappa shape index (κ3) is 3.74.